The highest BCUT2D eigenvalue weighted by molar-refractivity contribution is 5.85. The molecule has 0 radical (unpaired) electrons. The zero-order chi connectivity index (χ0) is 16.9. The predicted octanol–water partition coefficient (Wildman–Crippen LogP) is 3.88. The molecule has 0 spiro atoms. The Hall–Kier alpha value is -1.27. The minimum Gasteiger partial charge on any atom is -0.356 e. The number of nitrogens with one attached hydrogen (secondary N) is 2. The average molecular weight is 365 g/mol. The van der Waals surface area contributed by atoms with Crippen molar-refractivity contribution in [1.82, 2.24) is 10.6 Å². The van der Waals surface area contributed by atoms with Crippen molar-refractivity contribution in [3.63, 3.8) is 0 Å². The van der Waals surface area contributed by atoms with Gasteiger partial charge in [0, 0.05) is 19.0 Å². The molecule has 0 aromatic heterocycles. The minimum absolute atomic E-state index is 0. The quantitative estimate of drug-likeness (QED) is 0.804. The lowest BCUT2D eigenvalue weighted by molar-refractivity contribution is -0.137. The molecule has 1 aliphatic rings. The van der Waals surface area contributed by atoms with Crippen LogP contribution in [0.5, 0.6) is 0 Å². The molecule has 2 N–H and O–H groups in total. The van der Waals surface area contributed by atoms with Crippen molar-refractivity contribution in [1.29, 1.82) is 0 Å². The summed E-state index contributed by atoms with van der Waals surface area (Å²) in [6, 6.07) is 5.65. The molecule has 24 heavy (non-hydrogen) atoms. The fraction of sp³-hybridized carbons (Fsp3) is 0.588. The lowest BCUT2D eigenvalue weighted by Gasteiger charge is -2.15. The van der Waals surface area contributed by atoms with Crippen molar-refractivity contribution in [2.75, 3.05) is 13.1 Å². The third-order valence-electron chi connectivity index (χ3n) is 4.28. The van der Waals surface area contributed by atoms with Crippen molar-refractivity contribution in [3.05, 3.63) is 35.4 Å². The number of rotatable bonds is 6. The SMILES string of the molecule is CC(CCNC(=O)CC1CCCN1)c1cccc(C(F)(F)F)c1.Cl. The molecular formula is C17H24ClF3N2O. The van der Waals surface area contributed by atoms with Crippen LogP contribution in [-0.4, -0.2) is 25.0 Å². The Morgan fingerprint density at radius 1 is 1.42 bits per heavy atom. The largest absolute Gasteiger partial charge is 0.416 e. The van der Waals surface area contributed by atoms with E-state index in [0.717, 1.165) is 25.5 Å². The molecule has 1 heterocycles. The Labute approximate surface area is 146 Å². The second-order valence-corrected chi connectivity index (χ2v) is 6.16. The lowest BCUT2D eigenvalue weighted by atomic mass is 9.96. The molecule has 1 aromatic carbocycles. The summed E-state index contributed by atoms with van der Waals surface area (Å²) in [5.74, 6) is -0.0390. The van der Waals surface area contributed by atoms with E-state index in [1.165, 1.54) is 12.1 Å². The van der Waals surface area contributed by atoms with E-state index in [-0.39, 0.29) is 30.3 Å². The fourth-order valence-corrected chi connectivity index (χ4v) is 2.84. The second kappa shape index (κ2) is 9.28. The summed E-state index contributed by atoms with van der Waals surface area (Å²) in [7, 11) is 0. The Morgan fingerprint density at radius 3 is 2.79 bits per heavy atom. The molecule has 1 aliphatic heterocycles. The van der Waals surface area contributed by atoms with Gasteiger partial charge in [0.2, 0.25) is 5.91 Å². The number of halogens is 4. The van der Waals surface area contributed by atoms with Gasteiger partial charge in [0.25, 0.3) is 0 Å². The first-order valence-corrected chi connectivity index (χ1v) is 8.03. The summed E-state index contributed by atoms with van der Waals surface area (Å²) < 4.78 is 38.2. The van der Waals surface area contributed by atoms with Crippen LogP contribution < -0.4 is 10.6 Å². The van der Waals surface area contributed by atoms with E-state index in [2.05, 4.69) is 10.6 Å². The van der Waals surface area contributed by atoms with Gasteiger partial charge >= 0.3 is 6.18 Å². The third kappa shape index (κ3) is 6.32. The number of carbonyl (C=O) groups excluding carboxylic acids is 1. The predicted molar refractivity (Wildman–Crippen MR) is 90.4 cm³/mol. The van der Waals surface area contributed by atoms with Crippen molar-refractivity contribution in [3.8, 4) is 0 Å². The van der Waals surface area contributed by atoms with Crippen LogP contribution in [0.3, 0.4) is 0 Å². The monoisotopic (exact) mass is 364 g/mol. The summed E-state index contributed by atoms with van der Waals surface area (Å²) in [5, 5.41) is 6.12. The van der Waals surface area contributed by atoms with Crippen LogP contribution in [0.1, 0.15) is 49.7 Å². The summed E-state index contributed by atoms with van der Waals surface area (Å²) in [5.41, 5.74) is 0.0183. The van der Waals surface area contributed by atoms with Gasteiger partial charge in [-0.25, -0.2) is 0 Å². The van der Waals surface area contributed by atoms with Crippen molar-refractivity contribution >= 4 is 18.3 Å². The number of hydrogen-bond donors (Lipinski definition) is 2. The molecule has 136 valence electrons. The highest BCUT2D eigenvalue weighted by atomic mass is 35.5. The van der Waals surface area contributed by atoms with E-state index in [0.29, 0.717) is 24.9 Å². The van der Waals surface area contributed by atoms with Gasteiger partial charge in [0.05, 0.1) is 5.56 Å². The standard InChI is InChI=1S/C17H23F3N2O.ClH/c1-12(13-4-2-5-14(10-13)17(18,19)20)7-9-22-16(23)11-15-6-3-8-21-15;/h2,4-5,10,12,15,21H,3,6-9,11H2,1H3,(H,22,23);1H. The van der Waals surface area contributed by atoms with Gasteiger partial charge in [0.1, 0.15) is 0 Å². The average Bonchev–Trinajstić information content (AvgIpc) is 2.99. The van der Waals surface area contributed by atoms with Crippen LogP contribution in [0.2, 0.25) is 0 Å². The van der Waals surface area contributed by atoms with E-state index < -0.39 is 11.7 Å². The van der Waals surface area contributed by atoms with Gasteiger partial charge in [-0.2, -0.15) is 13.2 Å². The Balaban J connectivity index is 0.00000288. The first-order valence-electron chi connectivity index (χ1n) is 8.03. The normalized spacial score (nSPS) is 18.8. The Morgan fingerprint density at radius 2 is 2.17 bits per heavy atom. The first kappa shape index (κ1) is 20.8. The summed E-state index contributed by atoms with van der Waals surface area (Å²) in [6.07, 6.45) is -1.11. The van der Waals surface area contributed by atoms with Crippen LogP contribution in [0, 0.1) is 0 Å². The van der Waals surface area contributed by atoms with Crippen molar-refractivity contribution < 1.29 is 18.0 Å². The molecule has 2 unspecified atom stereocenters. The summed E-state index contributed by atoms with van der Waals surface area (Å²) >= 11 is 0. The van der Waals surface area contributed by atoms with Gasteiger partial charge in [-0.3, -0.25) is 4.79 Å². The molecule has 0 aliphatic carbocycles. The Kier molecular flexibility index (Phi) is 8.03. The smallest absolute Gasteiger partial charge is 0.356 e. The lowest BCUT2D eigenvalue weighted by Crippen LogP contribution is -2.32. The van der Waals surface area contributed by atoms with Crippen LogP contribution >= 0.6 is 12.4 Å². The molecule has 2 atom stereocenters. The zero-order valence-corrected chi connectivity index (χ0v) is 14.5. The maximum absolute atomic E-state index is 12.7. The third-order valence-corrected chi connectivity index (χ3v) is 4.28. The molecule has 1 aromatic rings. The van der Waals surface area contributed by atoms with Crippen LogP contribution in [0.15, 0.2) is 24.3 Å². The Bertz CT molecular complexity index is 531. The number of amides is 1. The topological polar surface area (TPSA) is 41.1 Å². The number of carbonyl (C=O) groups is 1. The number of benzene rings is 1. The first-order chi connectivity index (χ1) is 10.9. The summed E-state index contributed by atoms with van der Waals surface area (Å²) in [6.45, 7) is 3.31. The molecular weight excluding hydrogens is 341 g/mol. The summed E-state index contributed by atoms with van der Waals surface area (Å²) in [4.78, 5) is 11.8. The molecule has 0 bridgehead atoms. The molecule has 1 amide bonds. The van der Waals surface area contributed by atoms with Gasteiger partial charge in [-0.1, -0.05) is 25.1 Å². The van der Waals surface area contributed by atoms with E-state index in [9.17, 15) is 18.0 Å². The molecule has 0 saturated carbocycles. The molecule has 7 heteroatoms. The van der Waals surface area contributed by atoms with Crippen LogP contribution in [0.25, 0.3) is 0 Å². The second-order valence-electron chi connectivity index (χ2n) is 6.16. The molecule has 2 rings (SSSR count). The molecule has 3 nitrogen and oxygen atoms in total. The zero-order valence-electron chi connectivity index (χ0n) is 13.7. The van der Waals surface area contributed by atoms with E-state index in [4.69, 9.17) is 0 Å². The maximum atomic E-state index is 12.7. The van der Waals surface area contributed by atoms with Gasteiger partial charge in [0.15, 0.2) is 0 Å². The van der Waals surface area contributed by atoms with E-state index in [1.807, 2.05) is 6.92 Å². The highest BCUT2D eigenvalue weighted by Gasteiger charge is 2.30. The highest BCUT2D eigenvalue weighted by Crippen LogP contribution is 2.31. The van der Waals surface area contributed by atoms with Gasteiger partial charge < -0.3 is 10.6 Å². The van der Waals surface area contributed by atoms with Crippen molar-refractivity contribution in [2.24, 2.45) is 0 Å². The van der Waals surface area contributed by atoms with Crippen LogP contribution in [0.4, 0.5) is 13.2 Å². The van der Waals surface area contributed by atoms with Crippen LogP contribution in [-0.2, 0) is 11.0 Å². The number of hydrogen-bond acceptors (Lipinski definition) is 2. The minimum atomic E-state index is -4.32. The van der Waals surface area contributed by atoms with Gasteiger partial charge in [-0.15, -0.1) is 12.4 Å². The molecule has 1 fully saturated rings. The van der Waals surface area contributed by atoms with Gasteiger partial charge in [-0.05, 0) is 43.4 Å². The fourth-order valence-electron chi connectivity index (χ4n) is 2.84. The van der Waals surface area contributed by atoms with Crippen molar-refractivity contribution in [2.45, 2.75) is 50.7 Å². The van der Waals surface area contributed by atoms with E-state index in [1.54, 1.807) is 6.07 Å². The molecule has 1 saturated heterocycles. The number of alkyl halides is 3. The van der Waals surface area contributed by atoms with E-state index >= 15 is 0 Å². The maximum Gasteiger partial charge on any atom is 0.416 e.